The molecular formula is C21H20N6. The molecule has 1 atom stereocenters. The van der Waals surface area contributed by atoms with E-state index in [4.69, 9.17) is 5.26 Å². The fourth-order valence-electron chi connectivity index (χ4n) is 4.15. The maximum atomic E-state index is 8.96. The van der Waals surface area contributed by atoms with Crippen molar-refractivity contribution < 1.29 is 0 Å². The number of rotatable bonds is 3. The molecule has 0 bridgehead atoms. The molecule has 27 heavy (non-hydrogen) atoms. The monoisotopic (exact) mass is 356 g/mol. The molecule has 1 N–H and O–H groups in total. The highest BCUT2D eigenvalue weighted by Gasteiger charge is 2.23. The molecule has 1 aliphatic heterocycles. The van der Waals surface area contributed by atoms with Crippen molar-refractivity contribution in [2.75, 3.05) is 13.1 Å². The molecule has 1 fully saturated rings. The van der Waals surface area contributed by atoms with Crippen molar-refractivity contribution in [3.8, 4) is 6.07 Å². The van der Waals surface area contributed by atoms with Gasteiger partial charge in [-0.1, -0.05) is 12.1 Å². The molecule has 4 aromatic rings. The van der Waals surface area contributed by atoms with Crippen molar-refractivity contribution in [1.82, 2.24) is 24.4 Å². The summed E-state index contributed by atoms with van der Waals surface area (Å²) < 4.78 is 2.33. The first-order valence-corrected chi connectivity index (χ1v) is 9.32. The third-order valence-electron chi connectivity index (χ3n) is 5.48. The summed E-state index contributed by atoms with van der Waals surface area (Å²) in [7, 11) is 0. The second-order valence-corrected chi connectivity index (χ2v) is 7.22. The van der Waals surface area contributed by atoms with Crippen molar-refractivity contribution in [3.05, 3.63) is 60.2 Å². The quantitative estimate of drug-likeness (QED) is 0.608. The van der Waals surface area contributed by atoms with Crippen molar-refractivity contribution in [3.63, 3.8) is 0 Å². The first-order valence-electron chi connectivity index (χ1n) is 9.32. The van der Waals surface area contributed by atoms with Gasteiger partial charge in [-0.2, -0.15) is 5.26 Å². The molecule has 0 radical (unpaired) electrons. The SMILES string of the molecule is N#Cc1ccc(CN2CCC[C@@H](n3cnc4cnc5[nH]ccc5c43)C2)cc1. The van der Waals surface area contributed by atoms with Crippen LogP contribution in [0.2, 0.25) is 0 Å². The first-order chi connectivity index (χ1) is 13.3. The zero-order valence-electron chi connectivity index (χ0n) is 15.0. The van der Waals surface area contributed by atoms with Crippen LogP contribution >= 0.6 is 0 Å². The molecule has 4 heterocycles. The van der Waals surface area contributed by atoms with Gasteiger partial charge >= 0.3 is 0 Å². The number of likely N-dealkylation sites (tertiary alicyclic amines) is 1. The van der Waals surface area contributed by atoms with Crippen LogP contribution in [0.1, 0.15) is 30.0 Å². The van der Waals surface area contributed by atoms with Crippen LogP contribution in [0.5, 0.6) is 0 Å². The number of nitrogens with one attached hydrogen (secondary N) is 1. The van der Waals surface area contributed by atoms with E-state index in [1.807, 2.05) is 30.9 Å². The van der Waals surface area contributed by atoms with Crippen LogP contribution in [-0.4, -0.2) is 37.5 Å². The van der Waals surface area contributed by atoms with Gasteiger partial charge in [0.2, 0.25) is 0 Å². The number of nitrogens with zero attached hydrogens (tertiary/aromatic N) is 5. The van der Waals surface area contributed by atoms with Crippen LogP contribution in [0.3, 0.4) is 0 Å². The minimum atomic E-state index is 0.405. The molecule has 0 aliphatic carbocycles. The maximum absolute atomic E-state index is 8.96. The van der Waals surface area contributed by atoms with E-state index in [1.165, 1.54) is 17.5 Å². The standard InChI is InChI=1S/C21H20N6/c22-10-15-3-5-16(6-4-15)12-26-9-1-2-17(13-26)27-14-25-19-11-24-21-18(20(19)27)7-8-23-21/h3-8,11,14,17H,1-2,9,12-13H2,(H,23,24)/t17-/m1/s1. The Morgan fingerprint density at radius 1 is 1.19 bits per heavy atom. The Hall–Kier alpha value is -3.17. The Bertz CT molecular complexity index is 1130. The molecule has 6 nitrogen and oxygen atoms in total. The van der Waals surface area contributed by atoms with Gasteiger partial charge in [0.15, 0.2) is 0 Å². The van der Waals surface area contributed by atoms with Crippen molar-refractivity contribution in [2.45, 2.75) is 25.4 Å². The predicted octanol–water partition coefficient (Wildman–Crippen LogP) is 3.62. The zero-order valence-corrected chi connectivity index (χ0v) is 15.0. The van der Waals surface area contributed by atoms with Crippen molar-refractivity contribution in [2.24, 2.45) is 0 Å². The largest absolute Gasteiger partial charge is 0.346 e. The number of hydrogen-bond acceptors (Lipinski definition) is 4. The number of aromatic nitrogens is 4. The van der Waals surface area contributed by atoms with Crippen LogP contribution in [0.15, 0.2) is 49.1 Å². The molecule has 0 amide bonds. The molecule has 3 aromatic heterocycles. The summed E-state index contributed by atoms with van der Waals surface area (Å²) >= 11 is 0. The van der Waals surface area contributed by atoms with E-state index in [2.05, 4.69) is 48.7 Å². The normalized spacial score (nSPS) is 18.1. The van der Waals surface area contributed by atoms with Gasteiger partial charge in [0.05, 0.1) is 29.7 Å². The highest BCUT2D eigenvalue weighted by atomic mass is 15.2. The van der Waals surface area contributed by atoms with E-state index in [1.54, 1.807) is 0 Å². The van der Waals surface area contributed by atoms with E-state index in [0.29, 0.717) is 11.6 Å². The molecular weight excluding hydrogens is 336 g/mol. The van der Waals surface area contributed by atoms with E-state index in [9.17, 15) is 0 Å². The smallest absolute Gasteiger partial charge is 0.139 e. The topological polar surface area (TPSA) is 73.5 Å². The van der Waals surface area contributed by atoms with Gasteiger partial charge in [-0.3, -0.25) is 4.90 Å². The number of imidazole rings is 1. The Balaban J connectivity index is 1.41. The number of H-pyrrole nitrogens is 1. The molecule has 0 saturated carbocycles. The second kappa shape index (κ2) is 6.53. The second-order valence-electron chi connectivity index (χ2n) is 7.22. The lowest BCUT2D eigenvalue weighted by molar-refractivity contribution is 0.172. The van der Waals surface area contributed by atoms with Crippen LogP contribution in [-0.2, 0) is 6.54 Å². The minimum Gasteiger partial charge on any atom is -0.346 e. The number of aromatic amines is 1. The van der Waals surface area contributed by atoms with Gasteiger partial charge < -0.3 is 9.55 Å². The van der Waals surface area contributed by atoms with E-state index in [-0.39, 0.29) is 0 Å². The lowest BCUT2D eigenvalue weighted by Crippen LogP contribution is -2.36. The molecule has 1 aliphatic rings. The van der Waals surface area contributed by atoms with Gasteiger partial charge in [0.1, 0.15) is 11.2 Å². The summed E-state index contributed by atoms with van der Waals surface area (Å²) in [6.45, 7) is 3.01. The fourth-order valence-corrected chi connectivity index (χ4v) is 4.15. The number of benzene rings is 1. The van der Waals surface area contributed by atoms with Crippen molar-refractivity contribution >= 4 is 22.1 Å². The summed E-state index contributed by atoms with van der Waals surface area (Å²) in [6.07, 6.45) is 8.08. The predicted molar refractivity (Wildman–Crippen MR) is 104 cm³/mol. The Kier molecular flexibility index (Phi) is 3.88. The average molecular weight is 356 g/mol. The lowest BCUT2D eigenvalue weighted by Gasteiger charge is -2.33. The van der Waals surface area contributed by atoms with Crippen molar-refractivity contribution in [1.29, 1.82) is 5.26 Å². The van der Waals surface area contributed by atoms with Gasteiger partial charge in [-0.25, -0.2) is 9.97 Å². The maximum Gasteiger partial charge on any atom is 0.139 e. The summed E-state index contributed by atoms with van der Waals surface area (Å²) in [5.41, 5.74) is 5.00. The summed E-state index contributed by atoms with van der Waals surface area (Å²) in [5.74, 6) is 0. The number of fused-ring (bicyclic) bond motifs is 3. The first kappa shape index (κ1) is 16.0. The van der Waals surface area contributed by atoms with Crippen LogP contribution < -0.4 is 0 Å². The van der Waals surface area contributed by atoms with E-state index in [0.717, 1.165) is 42.6 Å². The van der Waals surface area contributed by atoms with Crippen LogP contribution in [0.25, 0.3) is 22.1 Å². The third-order valence-corrected chi connectivity index (χ3v) is 5.48. The molecule has 0 spiro atoms. The zero-order chi connectivity index (χ0) is 18.2. The van der Waals surface area contributed by atoms with Gasteiger partial charge in [0, 0.05) is 30.7 Å². The molecule has 1 saturated heterocycles. The Morgan fingerprint density at radius 2 is 2.07 bits per heavy atom. The molecule has 0 unspecified atom stereocenters. The Labute approximate surface area is 157 Å². The van der Waals surface area contributed by atoms with Gasteiger partial charge in [0.25, 0.3) is 0 Å². The van der Waals surface area contributed by atoms with Gasteiger partial charge in [-0.05, 0) is 43.1 Å². The molecule has 134 valence electrons. The summed E-state index contributed by atoms with van der Waals surface area (Å²) in [4.78, 5) is 14.7. The number of hydrogen-bond donors (Lipinski definition) is 1. The molecule has 6 heteroatoms. The molecule has 5 rings (SSSR count). The lowest BCUT2D eigenvalue weighted by atomic mass is 10.0. The minimum absolute atomic E-state index is 0.405. The fraction of sp³-hybridized carbons (Fsp3) is 0.286. The number of nitriles is 1. The highest BCUT2D eigenvalue weighted by molar-refractivity contribution is 6.00. The number of piperidine rings is 1. The summed E-state index contributed by atoms with van der Waals surface area (Å²) in [6, 6.07) is 12.6. The highest BCUT2D eigenvalue weighted by Crippen LogP contribution is 2.29. The number of pyridine rings is 1. The molecule has 1 aromatic carbocycles. The third kappa shape index (κ3) is 2.86. The average Bonchev–Trinajstić information content (AvgIpc) is 3.35. The van der Waals surface area contributed by atoms with E-state index >= 15 is 0 Å². The van der Waals surface area contributed by atoms with Crippen LogP contribution in [0.4, 0.5) is 0 Å². The summed E-state index contributed by atoms with van der Waals surface area (Å²) in [5, 5.41) is 10.1. The van der Waals surface area contributed by atoms with E-state index < -0.39 is 0 Å². The van der Waals surface area contributed by atoms with Gasteiger partial charge in [-0.15, -0.1) is 0 Å². The van der Waals surface area contributed by atoms with Crippen LogP contribution in [0, 0.1) is 11.3 Å². The Morgan fingerprint density at radius 3 is 2.93 bits per heavy atom.